The number of carbonyl (C=O) groups is 1. The van der Waals surface area contributed by atoms with Gasteiger partial charge in [-0.3, -0.25) is 4.79 Å². The Morgan fingerprint density at radius 2 is 2.25 bits per heavy atom. The number of ether oxygens (including phenoxy) is 1. The summed E-state index contributed by atoms with van der Waals surface area (Å²) in [7, 11) is 0. The molecule has 4 rings (SSSR count). The van der Waals surface area contributed by atoms with Gasteiger partial charge in [0, 0.05) is 29.2 Å². The first kappa shape index (κ1) is 12.0. The molecule has 4 heteroatoms. The van der Waals surface area contributed by atoms with Gasteiger partial charge in [0.05, 0.1) is 18.8 Å². The minimum Gasteiger partial charge on any atom is -0.374 e. The molecule has 2 aliphatic rings. The summed E-state index contributed by atoms with van der Waals surface area (Å²) in [6, 6.07) is 8.16. The highest BCUT2D eigenvalue weighted by molar-refractivity contribution is 5.98. The predicted molar refractivity (Wildman–Crippen MR) is 76.7 cm³/mol. The number of hydrogen-bond donors (Lipinski definition) is 1. The van der Waals surface area contributed by atoms with Crippen molar-refractivity contribution in [3.63, 3.8) is 0 Å². The van der Waals surface area contributed by atoms with Crippen LogP contribution in [0, 0.1) is 0 Å². The second kappa shape index (κ2) is 4.63. The van der Waals surface area contributed by atoms with Crippen LogP contribution in [-0.2, 0) is 4.74 Å². The Bertz CT molecular complexity index is 649. The molecule has 1 aromatic heterocycles. The predicted octanol–water partition coefficient (Wildman–Crippen LogP) is 2.56. The highest BCUT2D eigenvalue weighted by atomic mass is 16.5. The van der Waals surface area contributed by atoms with Crippen molar-refractivity contribution in [3.8, 4) is 0 Å². The van der Waals surface area contributed by atoms with Gasteiger partial charge in [-0.1, -0.05) is 0 Å². The van der Waals surface area contributed by atoms with E-state index >= 15 is 0 Å². The van der Waals surface area contributed by atoms with Gasteiger partial charge in [0.15, 0.2) is 0 Å². The highest BCUT2D eigenvalue weighted by Crippen LogP contribution is 2.30. The van der Waals surface area contributed by atoms with Gasteiger partial charge in [0.25, 0.3) is 5.91 Å². The van der Waals surface area contributed by atoms with Gasteiger partial charge in [-0.05, 0) is 43.5 Å². The third-order valence-corrected chi connectivity index (χ3v) is 4.54. The highest BCUT2D eigenvalue weighted by Gasteiger charge is 2.38. The maximum Gasteiger partial charge on any atom is 0.254 e. The molecule has 1 aliphatic heterocycles. The van der Waals surface area contributed by atoms with Gasteiger partial charge < -0.3 is 14.6 Å². The molecule has 20 heavy (non-hydrogen) atoms. The van der Waals surface area contributed by atoms with Gasteiger partial charge in [-0.15, -0.1) is 0 Å². The number of H-pyrrole nitrogens is 1. The summed E-state index contributed by atoms with van der Waals surface area (Å²) in [4.78, 5) is 17.9. The molecule has 1 amide bonds. The Labute approximate surface area is 117 Å². The van der Waals surface area contributed by atoms with Crippen LogP contribution in [0.2, 0.25) is 0 Å². The van der Waals surface area contributed by atoms with Crippen LogP contribution in [0.1, 0.15) is 29.6 Å². The minimum absolute atomic E-state index is 0.147. The van der Waals surface area contributed by atoms with E-state index in [0.29, 0.717) is 13.2 Å². The lowest BCUT2D eigenvalue weighted by Gasteiger charge is -2.37. The molecule has 2 unspecified atom stereocenters. The Kier molecular flexibility index (Phi) is 2.77. The molecule has 2 atom stereocenters. The number of nitrogens with one attached hydrogen (secondary N) is 1. The lowest BCUT2D eigenvalue weighted by molar-refractivity contribution is -0.0445. The van der Waals surface area contributed by atoms with Gasteiger partial charge in [0.2, 0.25) is 0 Å². The van der Waals surface area contributed by atoms with Crippen molar-refractivity contribution in [2.24, 2.45) is 0 Å². The third-order valence-electron chi connectivity index (χ3n) is 4.54. The fraction of sp³-hybridized carbons (Fsp3) is 0.438. The molecule has 104 valence electrons. The van der Waals surface area contributed by atoms with Crippen molar-refractivity contribution < 1.29 is 9.53 Å². The van der Waals surface area contributed by atoms with Gasteiger partial charge in [-0.25, -0.2) is 0 Å². The quantitative estimate of drug-likeness (QED) is 0.865. The van der Waals surface area contributed by atoms with E-state index in [0.717, 1.165) is 35.7 Å². The number of nitrogens with zero attached hydrogens (tertiary/aromatic N) is 1. The fourth-order valence-electron chi connectivity index (χ4n) is 3.53. The number of benzene rings is 1. The number of hydrogen-bond acceptors (Lipinski definition) is 2. The van der Waals surface area contributed by atoms with Crippen LogP contribution in [0.5, 0.6) is 0 Å². The summed E-state index contributed by atoms with van der Waals surface area (Å²) in [5.41, 5.74) is 1.85. The molecule has 1 aromatic carbocycles. The Morgan fingerprint density at radius 3 is 3.20 bits per heavy atom. The van der Waals surface area contributed by atoms with Crippen molar-refractivity contribution in [1.82, 2.24) is 9.88 Å². The number of carbonyl (C=O) groups excluding carboxylic acids is 1. The third kappa shape index (κ3) is 1.83. The van der Waals surface area contributed by atoms with Crippen LogP contribution in [0.3, 0.4) is 0 Å². The van der Waals surface area contributed by atoms with Crippen molar-refractivity contribution in [3.05, 3.63) is 36.0 Å². The fourth-order valence-corrected chi connectivity index (χ4v) is 3.53. The molecule has 0 spiro atoms. The van der Waals surface area contributed by atoms with E-state index in [9.17, 15) is 4.79 Å². The first-order chi connectivity index (χ1) is 9.83. The molecule has 0 bridgehead atoms. The van der Waals surface area contributed by atoms with E-state index in [1.807, 2.05) is 35.4 Å². The monoisotopic (exact) mass is 270 g/mol. The van der Waals surface area contributed by atoms with Crippen LogP contribution < -0.4 is 0 Å². The molecule has 2 fully saturated rings. The minimum atomic E-state index is 0.147. The normalized spacial score (nSPS) is 25.9. The van der Waals surface area contributed by atoms with E-state index in [4.69, 9.17) is 4.74 Å². The molecular formula is C16H18N2O2. The summed E-state index contributed by atoms with van der Waals surface area (Å²) in [5.74, 6) is 0.147. The molecule has 2 aromatic rings. The topological polar surface area (TPSA) is 45.3 Å². The van der Waals surface area contributed by atoms with Crippen molar-refractivity contribution in [2.45, 2.75) is 31.4 Å². The maximum atomic E-state index is 12.8. The Balaban J connectivity index is 1.65. The average molecular weight is 270 g/mol. The lowest BCUT2D eigenvalue weighted by atomic mass is 10.1. The number of morpholine rings is 1. The lowest BCUT2D eigenvalue weighted by Crippen LogP contribution is -2.51. The number of aromatic nitrogens is 1. The molecule has 1 saturated heterocycles. The molecule has 1 saturated carbocycles. The molecule has 2 heterocycles. The number of rotatable bonds is 1. The van der Waals surface area contributed by atoms with Crippen LogP contribution in [0.25, 0.3) is 10.9 Å². The number of amides is 1. The summed E-state index contributed by atoms with van der Waals surface area (Å²) in [5, 5.41) is 1.09. The van der Waals surface area contributed by atoms with E-state index in [1.165, 1.54) is 0 Å². The molecule has 4 nitrogen and oxygen atoms in total. The van der Waals surface area contributed by atoms with Crippen LogP contribution >= 0.6 is 0 Å². The smallest absolute Gasteiger partial charge is 0.254 e. The second-order valence-electron chi connectivity index (χ2n) is 5.69. The van der Waals surface area contributed by atoms with Gasteiger partial charge >= 0.3 is 0 Å². The SMILES string of the molecule is O=C(c1ccc2[nH]ccc2c1)N1CCOC2CCCC21. The van der Waals surface area contributed by atoms with Crippen molar-refractivity contribution in [2.75, 3.05) is 13.2 Å². The maximum absolute atomic E-state index is 12.8. The Morgan fingerprint density at radius 1 is 1.30 bits per heavy atom. The first-order valence-electron chi connectivity index (χ1n) is 7.33. The van der Waals surface area contributed by atoms with Crippen LogP contribution in [0.4, 0.5) is 0 Å². The van der Waals surface area contributed by atoms with Gasteiger partial charge in [-0.2, -0.15) is 0 Å². The average Bonchev–Trinajstić information content (AvgIpc) is 3.13. The molecular weight excluding hydrogens is 252 g/mol. The molecule has 1 N–H and O–H groups in total. The van der Waals surface area contributed by atoms with Crippen LogP contribution in [0.15, 0.2) is 30.5 Å². The van der Waals surface area contributed by atoms with E-state index in [2.05, 4.69) is 4.98 Å². The number of fused-ring (bicyclic) bond motifs is 2. The van der Waals surface area contributed by atoms with E-state index < -0.39 is 0 Å². The second-order valence-corrected chi connectivity index (χ2v) is 5.69. The number of aromatic amines is 1. The van der Waals surface area contributed by atoms with Crippen molar-refractivity contribution in [1.29, 1.82) is 0 Å². The Hall–Kier alpha value is -1.81. The first-order valence-corrected chi connectivity index (χ1v) is 7.33. The molecule has 1 aliphatic carbocycles. The summed E-state index contributed by atoms with van der Waals surface area (Å²) in [6.07, 6.45) is 5.48. The summed E-state index contributed by atoms with van der Waals surface area (Å²) in [6.45, 7) is 1.38. The van der Waals surface area contributed by atoms with E-state index in [-0.39, 0.29) is 18.1 Å². The zero-order chi connectivity index (χ0) is 13.5. The zero-order valence-electron chi connectivity index (χ0n) is 11.3. The van der Waals surface area contributed by atoms with Crippen molar-refractivity contribution >= 4 is 16.8 Å². The van der Waals surface area contributed by atoms with E-state index in [1.54, 1.807) is 0 Å². The van der Waals surface area contributed by atoms with Gasteiger partial charge in [0.1, 0.15) is 0 Å². The summed E-state index contributed by atoms with van der Waals surface area (Å²) < 4.78 is 5.78. The largest absolute Gasteiger partial charge is 0.374 e. The standard InChI is InChI=1S/C16H18N2O2/c19-16(12-4-5-13-11(10-12)6-7-17-13)18-8-9-20-15-3-1-2-14(15)18/h4-7,10,14-15,17H,1-3,8-9H2. The molecule has 0 radical (unpaired) electrons. The van der Waals surface area contributed by atoms with Crippen LogP contribution in [-0.4, -0.2) is 41.1 Å². The zero-order valence-corrected chi connectivity index (χ0v) is 11.3. The summed E-state index contributed by atoms with van der Waals surface area (Å²) >= 11 is 0.